The van der Waals surface area contributed by atoms with Gasteiger partial charge in [-0.2, -0.15) is 0 Å². The van der Waals surface area contributed by atoms with E-state index in [1.807, 2.05) is 54.6 Å². The first-order chi connectivity index (χ1) is 13.6. The van der Waals surface area contributed by atoms with E-state index in [0.717, 1.165) is 29.5 Å². The van der Waals surface area contributed by atoms with Crippen LogP contribution in [-0.2, 0) is 34.1 Å². The van der Waals surface area contributed by atoms with Crippen LogP contribution in [0.4, 0.5) is 0 Å². The number of amides is 1. The van der Waals surface area contributed by atoms with Gasteiger partial charge < -0.3 is 15.2 Å². The van der Waals surface area contributed by atoms with Gasteiger partial charge in [0.2, 0.25) is 5.91 Å². The lowest BCUT2D eigenvalue weighted by molar-refractivity contribution is -0.144. The summed E-state index contributed by atoms with van der Waals surface area (Å²) in [6.07, 6.45) is 2.69. The van der Waals surface area contributed by atoms with Crippen LogP contribution in [0.15, 0.2) is 54.6 Å². The maximum absolute atomic E-state index is 12.4. The fourth-order valence-corrected chi connectivity index (χ4v) is 3.60. The quantitative estimate of drug-likeness (QED) is 0.727. The molecule has 0 aromatic heterocycles. The second kappa shape index (κ2) is 10.0. The Morgan fingerprint density at radius 2 is 1.50 bits per heavy atom. The smallest absolute Gasteiger partial charge is 0.306 e. The van der Waals surface area contributed by atoms with E-state index < -0.39 is 5.97 Å². The molecule has 0 spiro atoms. The van der Waals surface area contributed by atoms with Crippen LogP contribution >= 0.6 is 0 Å². The number of aliphatic carboxylic acids is 1. The number of carbonyl (C=O) groups excluding carboxylic acids is 1. The van der Waals surface area contributed by atoms with Crippen LogP contribution in [0.25, 0.3) is 0 Å². The molecule has 5 heteroatoms. The highest BCUT2D eigenvalue weighted by Gasteiger charge is 2.30. The van der Waals surface area contributed by atoms with E-state index in [0.29, 0.717) is 32.6 Å². The van der Waals surface area contributed by atoms with Crippen LogP contribution in [0.5, 0.6) is 0 Å². The SMILES string of the molecule is O=C(O)C1CCCC(C(=O)NCc2ccc(COCc3ccccc3)cc2)C1. The molecular formula is C23H27NO4. The summed E-state index contributed by atoms with van der Waals surface area (Å²) in [6.45, 7) is 1.58. The van der Waals surface area contributed by atoms with Crippen LogP contribution in [-0.4, -0.2) is 17.0 Å². The van der Waals surface area contributed by atoms with Gasteiger partial charge in [-0.15, -0.1) is 0 Å². The molecule has 0 bridgehead atoms. The van der Waals surface area contributed by atoms with Gasteiger partial charge in [0.25, 0.3) is 0 Å². The van der Waals surface area contributed by atoms with Crippen LogP contribution in [0.2, 0.25) is 0 Å². The maximum atomic E-state index is 12.4. The van der Waals surface area contributed by atoms with E-state index in [1.54, 1.807) is 0 Å². The monoisotopic (exact) mass is 381 g/mol. The topological polar surface area (TPSA) is 75.6 Å². The standard InChI is InChI=1S/C23H27NO4/c25-22(20-7-4-8-21(13-20)23(26)27)24-14-17-9-11-19(12-10-17)16-28-15-18-5-2-1-3-6-18/h1-3,5-6,9-12,20-21H,4,7-8,13-16H2,(H,24,25)(H,26,27). The zero-order chi connectivity index (χ0) is 19.8. The van der Waals surface area contributed by atoms with Gasteiger partial charge in [-0.05, 0) is 36.0 Å². The van der Waals surface area contributed by atoms with E-state index >= 15 is 0 Å². The van der Waals surface area contributed by atoms with Crippen LogP contribution in [0.1, 0.15) is 42.4 Å². The number of rotatable bonds is 8. The average Bonchev–Trinajstić information content (AvgIpc) is 2.74. The van der Waals surface area contributed by atoms with Crippen molar-refractivity contribution in [3.63, 3.8) is 0 Å². The molecule has 2 aromatic carbocycles. The predicted octanol–water partition coefficient (Wildman–Crippen LogP) is 3.91. The van der Waals surface area contributed by atoms with Crippen molar-refractivity contribution < 1.29 is 19.4 Å². The molecule has 0 saturated heterocycles. The lowest BCUT2D eigenvalue weighted by Gasteiger charge is -2.25. The van der Waals surface area contributed by atoms with Crippen molar-refractivity contribution in [1.82, 2.24) is 5.32 Å². The Hall–Kier alpha value is -2.66. The van der Waals surface area contributed by atoms with Crippen LogP contribution in [0, 0.1) is 11.8 Å². The Balaban J connectivity index is 1.41. The average molecular weight is 381 g/mol. The minimum absolute atomic E-state index is 0.0405. The summed E-state index contributed by atoms with van der Waals surface area (Å²) in [7, 11) is 0. The van der Waals surface area contributed by atoms with Crippen molar-refractivity contribution in [2.24, 2.45) is 11.8 Å². The number of nitrogens with one attached hydrogen (secondary N) is 1. The maximum Gasteiger partial charge on any atom is 0.306 e. The van der Waals surface area contributed by atoms with Crippen molar-refractivity contribution in [3.8, 4) is 0 Å². The van der Waals surface area contributed by atoms with Gasteiger partial charge >= 0.3 is 5.97 Å². The van der Waals surface area contributed by atoms with E-state index in [2.05, 4.69) is 5.32 Å². The summed E-state index contributed by atoms with van der Waals surface area (Å²) in [5.74, 6) is -1.41. The second-order valence-electron chi connectivity index (χ2n) is 7.41. The highest BCUT2D eigenvalue weighted by molar-refractivity contribution is 5.80. The van der Waals surface area contributed by atoms with Crippen molar-refractivity contribution in [2.45, 2.75) is 45.4 Å². The van der Waals surface area contributed by atoms with Gasteiger partial charge in [0.05, 0.1) is 19.1 Å². The zero-order valence-electron chi connectivity index (χ0n) is 16.0. The molecule has 1 aliphatic carbocycles. The highest BCUT2D eigenvalue weighted by Crippen LogP contribution is 2.29. The normalized spacial score (nSPS) is 19.1. The molecule has 148 valence electrons. The van der Waals surface area contributed by atoms with E-state index in [4.69, 9.17) is 9.84 Å². The van der Waals surface area contributed by atoms with Crippen molar-refractivity contribution in [3.05, 3.63) is 71.3 Å². The molecule has 0 heterocycles. The van der Waals surface area contributed by atoms with Crippen molar-refractivity contribution >= 4 is 11.9 Å². The number of ether oxygens (including phenoxy) is 1. The number of carboxylic acids is 1. The minimum Gasteiger partial charge on any atom is -0.481 e. The Bertz CT molecular complexity index is 773. The third kappa shape index (κ3) is 5.92. The molecule has 5 nitrogen and oxygen atoms in total. The number of benzene rings is 2. The van der Waals surface area contributed by atoms with Gasteiger partial charge in [0.15, 0.2) is 0 Å². The van der Waals surface area contributed by atoms with Gasteiger partial charge in [-0.3, -0.25) is 9.59 Å². The Morgan fingerprint density at radius 3 is 2.18 bits per heavy atom. The third-order valence-electron chi connectivity index (χ3n) is 5.26. The number of carboxylic acid groups (broad SMARTS) is 1. The van der Waals surface area contributed by atoms with Crippen molar-refractivity contribution in [2.75, 3.05) is 0 Å². The van der Waals surface area contributed by atoms with Gasteiger partial charge in [-0.25, -0.2) is 0 Å². The third-order valence-corrected chi connectivity index (χ3v) is 5.26. The molecule has 1 saturated carbocycles. The molecule has 2 N–H and O–H groups in total. The van der Waals surface area contributed by atoms with Gasteiger partial charge in [0, 0.05) is 12.5 Å². The molecular weight excluding hydrogens is 354 g/mol. The summed E-state index contributed by atoms with van der Waals surface area (Å²) < 4.78 is 5.73. The Labute approximate surface area is 165 Å². The molecule has 28 heavy (non-hydrogen) atoms. The second-order valence-corrected chi connectivity index (χ2v) is 7.41. The summed E-state index contributed by atoms with van der Waals surface area (Å²) in [5, 5.41) is 12.1. The largest absolute Gasteiger partial charge is 0.481 e. The molecule has 0 radical (unpaired) electrons. The summed E-state index contributed by atoms with van der Waals surface area (Å²) in [6, 6.07) is 18.0. The lowest BCUT2D eigenvalue weighted by atomic mass is 9.81. The minimum atomic E-state index is -0.789. The Morgan fingerprint density at radius 1 is 0.893 bits per heavy atom. The van der Waals surface area contributed by atoms with E-state index in [-0.39, 0.29) is 17.7 Å². The van der Waals surface area contributed by atoms with Crippen LogP contribution < -0.4 is 5.32 Å². The molecule has 2 atom stereocenters. The van der Waals surface area contributed by atoms with E-state index in [1.165, 1.54) is 0 Å². The van der Waals surface area contributed by atoms with Crippen LogP contribution in [0.3, 0.4) is 0 Å². The Kier molecular flexibility index (Phi) is 7.20. The number of hydrogen-bond donors (Lipinski definition) is 2. The highest BCUT2D eigenvalue weighted by atomic mass is 16.5. The van der Waals surface area contributed by atoms with E-state index in [9.17, 15) is 9.59 Å². The van der Waals surface area contributed by atoms with Gasteiger partial charge in [0.1, 0.15) is 0 Å². The first-order valence-corrected chi connectivity index (χ1v) is 9.82. The van der Waals surface area contributed by atoms with Crippen molar-refractivity contribution in [1.29, 1.82) is 0 Å². The summed E-state index contributed by atoms with van der Waals surface area (Å²) >= 11 is 0. The zero-order valence-corrected chi connectivity index (χ0v) is 16.0. The molecule has 1 aliphatic rings. The molecule has 2 unspecified atom stereocenters. The number of hydrogen-bond acceptors (Lipinski definition) is 3. The summed E-state index contributed by atoms with van der Waals surface area (Å²) in [5.41, 5.74) is 3.25. The molecule has 1 amide bonds. The molecule has 1 fully saturated rings. The molecule has 3 rings (SSSR count). The first-order valence-electron chi connectivity index (χ1n) is 9.82. The summed E-state index contributed by atoms with van der Waals surface area (Å²) in [4.78, 5) is 23.5. The molecule has 0 aliphatic heterocycles. The lowest BCUT2D eigenvalue weighted by Crippen LogP contribution is -2.35. The number of carbonyl (C=O) groups is 2. The fraction of sp³-hybridized carbons (Fsp3) is 0.391. The van der Waals surface area contributed by atoms with Gasteiger partial charge in [-0.1, -0.05) is 61.0 Å². The predicted molar refractivity (Wildman–Crippen MR) is 106 cm³/mol. The fourth-order valence-electron chi connectivity index (χ4n) is 3.60. The molecule has 2 aromatic rings. The first kappa shape index (κ1) is 20.1.